The minimum absolute atomic E-state index is 0.00672. The summed E-state index contributed by atoms with van der Waals surface area (Å²) in [5, 5.41) is 19.7. The van der Waals surface area contributed by atoms with Gasteiger partial charge in [0.2, 0.25) is 5.91 Å². The summed E-state index contributed by atoms with van der Waals surface area (Å²) in [6, 6.07) is 14.0. The van der Waals surface area contributed by atoms with Crippen molar-refractivity contribution in [3.05, 3.63) is 108 Å². The number of likely N-dealkylation sites (N-methyl/N-ethyl adjacent to an activating group) is 2. The highest BCUT2D eigenvalue weighted by Crippen LogP contribution is 2.51. The number of piperazine rings is 1. The molecule has 8 aromatic rings. The molecular formula is C70H81Cl2N13O8. The Balaban J connectivity index is 0.000000159. The molecule has 2 saturated carbocycles. The van der Waals surface area contributed by atoms with Crippen LogP contribution >= 0.6 is 23.2 Å². The van der Waals surface area contributed by atoms with Crippen molar-refractivity contribution in [1.82, 2.24) is 55.0 Å². The van der Waals surface area contributed by atoms with Gasteiger partial charge in [0.15, 0.2) is 11.5 Å². The molecule has 8 heterocycles. The number of hydrogen-bond acceptors (Lipinski definition) is 18. The van der Waals surface area contributed by atoms with Gasteiger partial charge in [-0.3, -0.25) is 15.0 Å². The molecule has 2 aliphatic carbocycles. The number of carbonyl (C=O) groups is 3. The molecule has 6 fully saturated rings. The monoisotopic (exact) mass is 1300 g/mol. The molecule has 0 bridgehead atoms. The molecule has 4 saturated heterocycles. The van der Waals surface area contributed by atoms with Crippen molar-refractivity contribution in [3.63, 3.8) is 0 Å². The van der Waals surface area contributed by atoms with Gasteiger partial charge in [-0.1, -0.05) is 55.1 Å². The van der Waals surface area contributed by atoms with E-state index in [1.807, 2.05) is 35.5 Å². The summed E-state index contributed by atoms with van der Waals surface area (Å²) in [4.78, 5) is 64.1. The molecule has 0 spiro atoms. The van der Waals surface area contributed by atoms with Crippen LogP contribution in [0.3, 0.4) is 0 Å². The van der Waals surface area contributed by atoms with Gasteiger partial charge in [0.1, 0.15) is 35.9 Å². The summed E-state index contributed by atoms with van der Waals surface area (Å²) in [5.74, 6) is 1.39. The van der Waals surface area contributed by atoms with Crippen LogP contribution in [0, 0.1) is 13.8 Å². The van der Waals surface area contributed by atoms with Gasteiger partial charge in [0.25, 0.3) is 0 Å². The van der Waals surface area contributed by atoms with Gasteiger partial charge >= 0.3 is 24.0 Å². The van der Waals surface area contributed by atoms with E-state index in [4.69, 9.17) is 62.1 Å². The maximum absolute atomic E-state index is 12.4. The van der Waals surface area contributed by atoms with E-state index in [2.05, 4.69) is 124 Å². The van der Waals surface area contributed by atoms with Crippen molar-refractivity contribution in [2.24, 2.45) is 0 Å². The molecule has 4 aromatic heterocycles. The summed E-state index contributed by atoms with van der Waals surface area (Å²) in [5.41, 5.74) is 9.16. The quantitative estimate of drug-likeness (QED) is 0.0491. The summed E-state index contributed by atoms with van der Waals surface area (Å²) in [6.45, 7) is 24.3. The minimum atomic E-state index is -0.764. The van der Waals surface area contributed by atoms with Crippen LogP contribution in [0.4, 0.5) is 11.6 Å². The van der Waals surface area contributed by atoms with Gasteiger partial charge in [-0.25, -0.2) is 9.59 Å². The number of aryl methyl sites for hydroxylation is 2. The van der Waals surface area contributed by atoms with Crippen LogP contribution in [0.5, 0.6) is 23.5 Å². The number of rotatable bonds is 17. The number of aromatic amines is 2. The molecular weight excluding hydrogens is 1220 g/mol. The van der Waals surface area contributed by atoms with Gasteiger partial charge in [-0.2, -0.15) is 30.1 Å². The highest BCUT2D eigenvalue weighted by atomic mass is 35.5. The van der Waals surface area contributed by atoms with Crippen LogP contribution in [0.2, 0.25) is 10.0 Å². The van der Waals surface area contributed by atoms with E-state index < -0.39 is 11.9 Å². The average Bonchev–Trinajstić information content (AvgIpc) is 1.44. The number of fused-ring (bicyclic) bond motifs is 4. The number of anilines is 2. The van der Waals surface area contributed by atoms with E-state index in [-0.39, 0.29) is 24.2 Å². The molecule has 1 amide bonds. The number of hydrogen-bond donors (Lipinski definition) is 2. The van der Waals surface area contributed by atoms with Crippen molar-refractivity contribution in [1.29, 1.82) is 0 Å². The maximum Gasteiger partial charge on any atom is 0.338 e. The van der Waals surface area contributed by atoms with Crippen molar-refractivity contribution in [2.75, 3.05) is 76.4 Å². The average molecular weight is 1300 g/mol. The van der Waals surface area contributed by atoms with Crippen LogP contribution in [0.1, 0.15) is 95.6 Å². The smallest absolute Gasteiger partial charge is 0.338 e. The standard InChI is InChI=1S/C33H38ClN7O3.C31H37ClN6O2.C6H6O3/c1-5-27(42)40-13-14-41(20(3)17-40)32-23-15-25(34)29(28-19(2)8-11-26-24(28)16-35-38-26)31(44-22-9-10-22)30(23)36-33(37-32)43-18-21-7-6-12-39(21)4;1-18-9-12-25-23(16-33-36-25)26(18)27-24(32)15-22-28(29(27)40-21-10-11-21)34-31(39-17-20-8-6-13-37(20)3)35-30(22)38-14-5-4-7-19(38)2;1-3-5(7)9-6(8)4-2/h5,8,11,15-16,20-22H,1,6-7,9-10,12-14,17-18H2,2-4H3,(H,35,38);9,12,15-16,19-21H,4-8,10-11,13-14,17H2,1-3H3,(H,33,36);3-4H,1-2H2/t20-,21-;19-,20-;/m00./s1. The first-order chi connectivity index (χ1) is 45.0. The predicted molar refractivity (Wildman–Crippen MR) is 364 cm³/mol. The number of H-pyrrole nitrogens is 2. The number of amides is 1. The first-order valence-electron chi connectivity index (χ1n) is 32.4. The van der Waals surface area contributed by atoms with Crippen LogP contribution < -0.4 is 28.7 Å². The number of nitrogens with zero attached hydrogens (tertiary/aromatic N) is 11. The third kappa shape index (κ3) is 14.0. The lowest BCUT2D eigenvalue weighted by Gasteiger charge is -2.40. The number of nitrogens with one attached hydrogen (secondary N) is 2. The Kier molecular flexibility index (Phi) is 19.5. The Morgan fingerprint density at radius 3 is 1.47 bits per heavy atom. The third-order valence-corrected chi connectivity index (χ3v) is 19.2. The van der Waals surface area contributed by atoms with Crippen LogP contribution in [0.25, 0.3) is 65.9 Å². The maximum atomic E-state index is 12.4. The zero-order valence-corrected chi connectivity index (χ0v) is 55.3. The predicted octanol–water partition coefficient (Wildman–Crippen LogP) is 12.3. The van der Waals surface area contributed by atoms with Crippen LogP contribution in [0.15, 0.2) is 86.8 Å². The molecule has 4 aromatic carbocycles. The normalized spacial score (nSPS) is 20.1. The zero-order chi connectivity index (χ0) is 65.2. The SMILES string of the molecule is C=CC(=O)N1CCN(c2nc(OC[C@@H]3CCCN3C)nc3c(OC4CC4)c(-c4c(C)ccc5[nH]ncc45)c(Cl)cc23)[C@@H](C)C1.C=CC(=O)OC(=O)C=C.Cc1ccc2[nH]ncc2c1-c1c(Cl)cc2c(N3CCCC[C@@H]3C)nc(OC[C@@H]3CCCN3C)nc2c1OC1CC1. The second-order valence-corrected chi connectivity index (χ2v) is 26.1. The van der Waals surface area contributed by atoms with Crippen LogP contribution in [-0.2, 0) is 19.1 Å². The van der Waals surface area contributed by atoms with E-state index in [0.717, 1.165) is 178 Å². The fourth-order valence-corrected chi connectivity index (χ4v) is 13.7. The molecule has 93 heavy (non-hydrogen) atoms. The number of aromatic nitrogens is 8. The van der Waals surface area contributed by atoms with Crippen molar-refractivity contribution in [3.8, 4) is 45.8 Å². The lowest BCUT2D eigenvalue weighted by molar-refractivity contribution is -0.152. The van der Waals surface area contributed by atoms with E-state index in [1.54, 1.807) is 0 Å². The van der Waals surface area contributed by atoms with Gasteiger partial charge in [0, 0.05) is 106 Å². The number of benzene rings is 4. The van der Waals surface area contributed by atoms with Crippen molar-refractivity contribution >= 4 is 96.3 Å². The lowest BCUT2D eigenvalue weighted by Crippen LogP contribution is -2.53. The highest BCUT2D eigenvalue weighted by molar-refractivity contribution is 6.36. The molecule has 488 valence electrons. The van der Waals surface area contributed by atoms with E-state index in [1.165, 1.54) is 18.9 Å². The number of carbonyl (C=O) groups excluding carboxylic acids is 3. The first kappa shape index (κ1) is 64.7. The van der Waals surface area contributed by atoms with Gasteiger partial charge in [-0.05, 0) is 167 Å². The van der Waals surface area contributed by atoms with Gasteiger partial charge < -0.3 is 48.2 Å². The molecule has 23 heteroatoms. The molecule has 4 atom stereocenters. The van der Waals surface area contributed by atoms with E-state index in [0.29, 0.717) is 84.3 Å². The zero-order valence-electron chi connectivity index (χ0n) is 53.8. The number of likely N-dealkylation sites (tertiary alicyclic amines) is 2. The highest BCUT2D eigenvalue weighted by Gasteiger charge is 2.36. The van der Waals surface area contributed by atoms with Gasteiger partial charge in [0.05, 0.1) is 45.7 Å². The number of esters is 2. The summed E-state index contributed by atoms with van der Waals surface area (Å²) in [7, 11) is 4.30. The fourth-order valence-electron chi connectivity index (χ4n) is 13.1. The molecule has 14 rings (SSSR count). The second-order valence-electron chi connectivity index (χ2n) is 25.3. The van der Waals surface area contributed by atoms with Crippen molar-refractivity contribution < 1.29 is 38.1 Å². The summed E-state index contributed by atoms with van der Waals surface area (Å²) >= 11 is 14.4. The Labute approximate surface area is 551 Å². The van der Waals surface area contributed by atoms with Gasteiger partial charge in [-0.15, -0.1) is 0 Å². The van der Waals surface area contributed by atoms with E-state index in [9.17, 15) is 14.4 Å². The second kappa shape index (κ2) is 28.1. The van der Waals surface area contributed by atoms with E-state index >= 15 is 0 Å². The molecule has 21 nitrogen and oxygen atoms in total. The Morgan fingerprint density at radius 1 is 0.570 bits per heavy atom. The molecule has 2 N–H and O–H groups in total. The third-order valence-electron chi connectivity index (χ3n) is 18.6. The first-order valence-corrected chi connectivity index (χ1v) is 33.1. The summed E-state index contributed by atoms with van der Waals surface area (Å²) < 4.78 is 30.2. The number of piperidine rings is 1. The molecule has 4 aliphatic heterocycles. The Hall–Kier alpha value is -8.37. The van der Waals surface area contributed by atoms with Crippen LogP contribution in [-0.4, -0.2) is 176 Å². The molecule has 0 unspecified atom stereocenters. The lowest BCUT2D eigenvalue weighted by atomic mass is 9.94. The summed E-state index contributed by atoms with van der Waals surface area (Å²) in [6.07, 6.45) is 19.2. The Bertz CT molecular complexity index is 4150. The number of halogens is 2. The topological polar surface area (TPSA) is 222 Å². The van der Waals surface area contributed by atoms with Crippen molar-refractivity contribution in [2.45, 2.75) is 135 Å². The largest absolute Gasteiger partial charge is 0.487 e. The fraction of sp³-hybridized carbons (Fsp3) is 0.443. The number of ether oxygens (including phenoxy) is 5. The molecule has 6 aliphatic rings. The minimum Gasteiger partial charge on any atom is -0.487 e. The molecule has 0 radical (unpaired) electrons. The Morgan fingerprint density at radius 2 is 1.05 bits per heavy atom.